The average Bonchev–Trinajstić information content (AvgIpc) is 2.67. The molecule has 0 unspecified atom stereocenters. The molecule has 1 aromatic carbocycles. The van der Waals surface area contributed by atoms with Crippen LogP contribution >= 0.6 is 0 Å². The molecule has 1 rings (SSSR count). The summed E-state index contributed by atoms with van der Waals surface area (Å²) < 4.78 is 15.3. The third-order valence-corrected chi connectivity index (χ3v) is 3.79. The lowest BCUT2D eigenvalue weighted by atomic mass is 10.2. The number of amides is 2. The Hall–Kier alpha value is -2.77. The first kappa shape index (κ1) is 22.3. The summed E-state index contributed by atoms with van der Waals surface area (Å²) in [5.41, 5.74) is 0. The van der Waals surface area contributed by atoms with Gasteiger partial charge in [-0.05, 0) is 30.7 Å². The van der Waals surface area contributed by atoms with E-state index < -0.39 is 0 Å². The molecular formula is C19H28N2O6. The van der Waals surface area contributed by atoms with Gasteiger partial charge in [-0.25, -0.2) is 0 Å². The predicted molar refractivity (Wildman–Crippen MR) is 99.6 cm³/mol. The number of ether oxygens (including phenoxy) is 3. The third kappa shape index (κ3) is 9.48. The maximum absolute atomic E-state index is 12.4. The lowest BCUT2D eigenvalue weighted by Crippen LogP contribution is -2.39. The number of carbonyl (C=O) groups is 3. The molecule has 2 amide bonds. The van der Waals surface area contributed by atoms with Crippen molar-refractivity contribution >= 4 is 17.8 Å². The lowest BCUT2D eigenvalue weighted by Gasteiger charge is -2.22. The summed E-state index contributed by atoms with van der Waals surface area (Å²) in [6, 6.07) is 7.21. The number of nitrogens with one attached hydrogen (secondary N) is 1. The summed E-state index contributed by atoms with van der Waals surface area (Å²) >= 11 is 0. The molecule has 0 aliphatic heterocycles. The molecule has 150 valence electrons. The largest absolute Gasteiger partial charge is 0.497 e. The summed E-state index contributed by atoms with van der Waals surface area (Å²) in [6.07, 6.45) is 0.946. The molecule has 8 heteroatoms. The van der Waals surface area contributed by atoms with E-state index in [9.17, 15) is 14.4 Å². The van der Waals surface area contributed by atoms with Gasteiger partial charge in [0.1, 0.15) is 11.5 Å². The minimum atomic E-state index is -0.379. The molecule has 8 nitrogen and oxygen atoms in total. The van der Waals surface area contributed by atoms with E-state index in [0.29, 0.717) is 31.9 Å². The fraction of sp³-hybridized carbons (Fsp3) is 0.526. The van der Waals surface area contributed by atoms with Crippen molar-refractivity contribution in [3.05, 3.63) is 24.3 Å². The quantitative estimate of drug-likeness (QED) is 0.435. The summed E-state index contributed by atoms with van der Waals surface area (Å²) in [5.74, 6) is 0.815. The second-order valence-corrected chi connectivity index (χ2v) is 5.82. The van der Waals surface area contributed by atoms with Crippen LogP contribution in [0.3, 0.4) is 0 Å². The van der Waals surface area contributed by atoms with E-state index in [4.69, 9.17) is 9.47 Å². The summed E-state index contributed by atoms with van der Waals surface area (Å²) in [7, 11) is 2.90. The minimum absolute atomic E-state index is 0.0948. The number of methoxy groups -OCH3 is 2. The van der Waals surface area contributed by atoms with E-state index in [1.807, 2.05) is 0 Å². The Kier molecular flexibility index (Phi) is 10.4. The highest BCUT2D eigenvalue weighted by molar-refractivity contribution is 5.77. The van der Waals surface area contributed by atoms with E-state index in [1.54, 1.807) is 36.3 Å². The summed E-state index contributed by atoms with van der Waals surface area (Å²) in [5, 5.41) is 2.65. The Morgan fingerprint density at radius 1 is 1.00 bits per heavy atom. The van der Waals surface area contributed by atoms with Crippen LogP contribution in [0, 0.1) is 0 Å². The highest BCUT2D eigenvalue weighted by atomic mass is 16.5. The normalized spacial score (nSPS) is 10.0. The molecular weight excluding hydrogens is 352 g/mol. The zero-order chi connectivity index (χ0) is 20.1. The molecule has 0 saturated carbocycles. The molecule has 0 spiro atoms. The smallest absolute Gasteiger partial charge is 0.307 e. The first-order valence-electron chi connectivity index (χ1n) is 8.82. The number of rotatable bonds is 12. The van der Waals surface area contributed by atoms with Crippen LogP contribution in [0.2, 0.25) is 0 Å². The van der Waals surface area contributed by atoms with Crippen LogP contribution in [0.25, 0.3) is 0 Å². The van der Waals surface area contributed by atoms with Gasteiger partial charge in [0.05, 0.1) is 27.2 Å². The van der Waals surface area contributed by atoms with Gasteiger partial charge in [0.25, 0.3) is 0 Å². The van der Waals surface area contributed by atoms with Gasteiger partial charge < -0.3 is 24.4 Å². The van der Waals surface area contributed by atoms with Gasteiger partial charge in [0.2, 0.25) is 11.8 Å². The lowest BCUT2D eigenvalue weighted by molar-refractivity contribution is -0.142. The molecule has 0 bridgehead atoms. The van der Waals surface area contributed by atoms with Crippen LogP contribution in [0.5, 0.6) is 11.5 Å². The van der Waals surface area contributed by atoms with E-state index in [-0.39, 0.29) is 37.2 Å². The van der Waals surface area contributed by atoms with Crippen molar-refractivity contribution in [2.24, 2.45) is 0 Å². The van der Waals surface area contributed by atoms with Gasteiger partial charge >= 0.3 is 5.97 Å². The van der Waals surface area contributed by atoms with Crippen molar-refractivity contribution in [3.8, 4) is 11.5 Å². The Morgan fingerprint density at radius 3 is 2.26 bits per heavy atom. The van der Waals surface area contributed by atoms with Crippen molar-refractivity contribution in [2.75, 3.05) is 40.5 Å². The van der Waals surface area contributed by atoms with Crippen molar-refractivity contribution in [3.63, 3.8) is 0 Å². The Bertz CT molecular complexity index is 603. The van der Waals surface area contributed by atoms with E-state index in [1.165, 1.54) is 14.0 Å². The molecule has 27 heavy (non-hydrogen) atoms. The molecule has 1 aromatic rings. The Labute approximate surface area is 159 Å². The minimum Gasteiger partial charge on any atom is -0.497 e. The topological polar surface area (TPSA) is 94.2 Å². The van der Waals surface area contributed by atoms with Gasteiger partial charge in [0, 0.05) is 33.0 Å². The molecule has 0 heterocycles. The van der Waals surface area contributed by atoms with E-state index in [0.717, 1.165) is 5.75 Å². The SMILES string of the molecule is COC(=O)CCN(CCNC(C)=O)C(=O)CCCOc1ccc(OC)cc1. The molecule has 0 aliphatic carbocycles. The number of nitrogens with zero attached hydrogens (tertiary/aromatic N) is 1. The van der Waals surface area contributed by atoms with Gasteiger partial charge in [-0.2, -0.15) is 0 Å². The maximum atomic E-state index is 12.4. The molecule has 0 radical (unpaired) electrons. The highest BCUT2D eigenvalue weighted by Gasteiger charge is 2.15. The standard InChI is InChI=1S/C19H28N2O6/c1-15(22)20-11-13-21(12-10-19(24)26-3)18(23)5-4-14-27-17-8-6-16(25-2)7-9-17/h6-9H,4-5,10-14H2,1-3H3,(H,20,22). The van der Waals surface area contributed by atoms with Crippen LogP contribution in [0.4, 0.5) is 0 Å². The Balaban J connectivity index is 2.40. The maximum Gasteiger partial charge on any atom is 0.307 e. The van der Waals surface area contributed by atoms with Crippen LogP contribution in [0.15, 0.2) is 24.3 Å². The fourth-order valence-corrected chi connectivity index (χ4v) is 2.30. The molecule has 1 N–H and O–H groups in total. The average molecular weight is 380 g/mol. The molecule has 0 aliphatic rings. The molecule has 0 aromatic heterocycles. The van der Waals surface area contributed by atoms with Crippen molar-refractivity contribution in [2.45, 2.75) is 26.2 Å². The summed E-state index contributed by atoms with van der Waals surface area (Å²) in [4.78, 5) is 36.3. The van der Waals surface area contributed by atoms with Crippen molar-refractivity contribution < 1.29 is 28.6 Å². The van der Waals surface area contributed by atoms with Gasteiger partial charge in [0.15, 0.2) is 0 Å². The first-order chi connectivity index (χ1) is 13.0. The molecule has 0 atom stereocenters. The van der Waals surface area contributed by atoms with Crippen LogP contribution in [0.1, 0.15) is 26.2 Å². The zero-order valence-electron chi connectivity index (χ0n) is 16.2. The number of carbonyl (C=O) groups excluding carboxylic acids is 3. The number of hydrogen-bond donors (Lipinski definition) is 1. The van der Waals surface area contributed by atoms with Crippen LogP contribution < -0.4 is 14.8 Å². The second-order valence-electron chi connectivity index (χ2n) is 5.82. The van der Waals surface area contributed by atoms with Gasteiger partial charge in [-0.3, -0.25) is 14.4 Å². The monoisotopic (exact) mass is 380 g/mol. The number of benzene rings is 1. The first-order valence-corrected chi connectivity index (χ1v) is 8.82. The van der Waals surface area contributed by atoms with E-state index in [2.05, 4.69) is 10.1 Å². The number of esters is 1. The highest BCUT2D eigenvalue weighted by Crippen LogP contribution is 2.17. The van der Waals surface area contributed by atoms with E-state index >= 15 is 0 Å². The van der Waals surface area contributed by atoms with Gasteiger partial charge in [-0.1, -0.05) is 0 Å². The van der Waals surface area contributed by atoms with Crippen LogP contribution in [-0.4, -0.2) is 63.1 Å². The van der Waals surface area contributed by atoms with Crippen LogP contribution in [-0.2, 0) is 19.1 Å². The number of hydrogen-bond acceptors (Lipinski definition) is 6. The van der Waals surface area contributed by atoms with Crippen molar-refractivity contribution in [1.82, 2.24) is 10.2 Å². The predicted octanol–water partition coefficient (Wildman–Crippen LogP) is 1.38. The molecule has 0 fully saturated rings. The fourth-order valence-electron chi connectivity index (χ4n) is 2.30. The molecule has 0 saturated heterocycles. The summed E-state index contributed by atoms with van der Waals surface area (Å²) in [6.45, 7) is 2.75. The third-order valence-electron chi connectivity index (χ3n) is 3.79. The zero-order valence-corrected chi connectivity index (χ0v) is 16.2. The van der Waals surface area contributed by atoms with Crippen molar-refractivity contribution in [1.29, 1.82) is 0 Å². The Morgan fingerprint density at radius 2 is 1.67 bits per heavy atom. The van der Waals surface area contributed by atoms with Gasteiger partial charge in [-0.15, -0.1) is 0 Å². The second kappa shape index (κ2) is 12.6.